The third-order valence-corrected chi connectivity index (χ3v) is 12.4. The molecule has 0 bridgehead atoms. The molecule has 1 fully saturated rings. The van der Waals surface area contributed by atoms with Gasteiger partial charge in [0.1, 0.15) is 18.1 Å². The van der Waals surface area contributed by atoms with Crippen molar-refractivity contribution in [2.24, 2.45) is 17.6 Å². The molecule has 0 radical (unpaired) electrons. The maximum atomic E-state index is 12.7. The van der Waals surface area contributed by atoms with Crippen molar-refractivity contribution in [3.63, 3.8) is 0 Å². The van der Waals surface area contributed by atoms with Gasteiger partial charge >= 0.3 is 19.8 Å². The van der Waals surface area contributed by atoms with Gasteiger partial charge in [0.15, 0.2) is 6.10 Å². The highest BCUT2D eigenvalue weighted by molar-refractivity contribution is 7.47. The van der Waals surface area contributed by atoms with Crippen LogP contribution in [0.15, 0.2) is 16.6 Å². The summed E-state index contributed by atoms with van der Waals surface area (Å²) in [6.07, 6.45) is 20.1. The molecule has 1 aromatic rings. The van der Waals surface area contributed by atoms with Gasteiger partial charge in [-0.15, -0.1) is 0 Å². The number of aliphatic hydroxyl groups excluding tert-OH is 3. The Morgan fingerprint density at radius 2 is 1.41 bits per heavy atom. The van der Waals surface area contributed by atoms with Crippen LogP contribution in [0.1, 0.15) is 171 Å². The Labute approximate surface area is 354 Å². The molecule has 0 aromatic carbocycles. The lowest BCUT2D eigenvalue weighted by atomic mass is 9.88. The first-order chi connectivity index (χ1) is 28.3. The molecule has 1 heterocycles. The topological polar surface area (TPSA) is 208 Å². The molecule has 1 saturated carbocycles. The van der Waals surface area contributed by atoms with E-state index in [1.807, 2.05) is 6.08 Å². The summed E-state index contributed by atoms with van der Waals surface area (Å²) in [5, 5.41) is 31.4. The summed E-state index contributed by atoms with van der Waals surface area (Å²) < 4.78 is 39.0. The van der Waals surface area contributed by atoms with Crippen LogP contribution in [0.5, 0.6) is 0 Å². The summed E-state index contributed by atoms with van der Waals surface area (Å²) in [5.74, 6) is 0.978. The van der Waals surface area contributed by atoms with E-state index in [2.05, 4.69) is 27.7 Å². The molecule has 7 atom stereocenters. The van der Waals surface area contributed by atoms with Gasteiger partial charge < -0.3 is 39.8 Å². The minimum Gasteiger partial charge on any atom is -0.466 e. The van der Waals surface area contributed by atoms with E-state index in [-0.39, 0.29) is 44.4 Å². The first-order valence-corrected chi connectivity index (χ1v) is 24.3. The van der Waals surface area contributed by atoms with E-state index in [9.17, 15) is 34.4 Å². The minimum absolute atomic E-state index is 0.0139. The third-order valence-electron chi connectivity index (χ3n) is 11.4. The number of ether oxygens (including phenoxy) is 2. The average Bonchev–Trinajstić information content (AvgIpc) is 3.63. The number of aryl methyl sites for hydroxylation is 2. The smallest absolute Gasteiger partial charge is 0.466 e. The van der Waals surface area contributed by atoms with E-state index < -0.39 is 50.8 Å². The van der Waals surface area contributed by atoms with Gasteiger partial charge in [0.05, 0.1) is 31.5 Å². The van der Waals surface area contributed by atoms with Crippen molar-refractivity contribution < 1.29 is 57.3 Å². The van der Waals surface area contributed by atoms with Gasteiger partial charge in [0, 0.05) is 44.6 Å². The molecule has 1 aliphatic carbocycles. The molecule has 1 unspecified atom stereocenters. The number of rotatable bonds is 35. The van der Waals surface area contributed by atoms with Gasteiger partial charge in [0.2, 0.25) is 0 Å². The van der Waals surface area contributed by atoms with Crippen LogP contribution in [0.25, 0.3) is 0 Å². The fourth-order valence-electron chi connectivity index (χ4n) is 7.78. The molecule has 0 spiro atoms. The molecule has 0 saturated heterocycles. The second kappa shape index (κ2) is 30.9. The second-order valence-corrected chi connectivity index (χ2v) is 17.9. The van der Waals surface area contributed by atoms with Crippen molar-refractivity contribution in [2.45, 2.75) is 200 Å². The normalized spacial score (nSPS) is 20.2. The summed E-state index contributed by atoms with van der Waals surface area (Å²) in [6, 6.07) is 0. The molecule has 13 nitrogen and oxygen atoms in total. The van der Waals surface area contributed by atoms with Crippen molar-refractivity contribution in [3.05, 3.63) is 34.8 Å². The Bertz CT molecular complexity index is 1370. The van der Waals surface area contributed by atoms with Crippen LogP contribution < -0.4 is 5.73 Å². The van der Waals surface area contributed by atoms with Gasteiger partial charge in [-0.3, -0.25) is 18.6 Å². The predicted octanol–water partition coefficient (Wildman–Crippen LogP) is 8.65. The highest BCUT2D eigenvalue weighted by atomic mass is 31.2. The molecule has 6 N–H and O–H groups in total. The number of hydrogen-bond acceptors (Lipinski definition) is 12. The summed E-state index contributed by atoms with van der Waals surface area (Å²) in [7, 11) is -4.45. The van der Waals surface area contributed by atoms with Crippen molar-refractivity contribution >= 4 is 19.8 Å². The second-order valence-electron chi connectivity index (χ2n) is 16.5. The van der Waals surface area contributed by atoms with Crippen LogP contribution in [-0.2, 0) is 45.5 Å². The molecule has 14 heteroatoms. The molecule has 0 amide bonds. The van der Waals surface area contributed by atoms with Gasteiger partial charge in [-0.05, 0) is 69.4 Å². The minimum atomic E-state index is -4.45. The summed E-state index contributed by atoms with van der Waals surface area (Å²) in [6.45, 7) is 7.59. The zero-order valence-corrected chi connectivity index (χ0v) is 37.7. The number of hydrogen-bond donors (Lipinski definition) is 5. The summed E-state index contributed by atoms with van der Waals surface area (Å²) >= 11 is 0. The Kier molecular flexibility index (Phi) is 27.7. The van der Waals surface area contributed by atoms with Crippen LogP contribution in [0, 0.1) is 25.7 Å². The van der Waals surface area contributed by atoms with Crippen LogP contribution in [0.3, 0.4) is 0 Å². The average molecular weight is 858 g/mol. The van der Waals surface area contributed by atoms with Crippen LogP contribution in [0.2, 0.25) is 0 Å². The first kappa shape index (κ1) is 53.0. The van der Waals surface area contributed by atoms with E-state index in [1.54, 1.807) is 6.08 Å². The van der Waals surface area contributed by atoms with Gasteiger partial charge in [0.25, 0.3) is 0 Å². The molecular weight excluding hydrogens is 777 g/mol. The molecule has 1 aromatic heterocycles. The van der Waals surface area contributed by atoms with Gasteiger partial charge in [-0.25, -0.2) is 4.57 Å². The predicted molar refractivity (Wildman–Crippen MR) is 230 cm³/mol. The van der Waals surface area contributed by atoms with E-state index >= 15 is 0 Å². The Morgan fingerprint density at radius 1 is 0.797 bits per heavy atom. The van der Waals surface area contributed by atoms with Crippen molar-refractivity contribution in [2.75, 3.05) is 26.4 Å². The summed E-state index contributed by atoms with van der Waals surface area (Å²) in [5.41, 5.74) is 7.96. The van der Waals surface area contributed by atoms with Gasteiger partial charge in [-0.1, -0.05) is 103 Å². The molecule has 0 aliphatic heterocycles. The number of carbonyl (C=O) groups is 2. The number of furan rings is 1. The zero-order chi connectivity index (χ0) is 43.5. The fraction of sp³-hybridized carbons (Fsp3) is 0.822. The Hall–Kier alpha value is -2.09. The van der Waals surface area contributed by atoms with Gasteiger partial charge in [-0.2, -0.15) is 0 Å². The number of unbranched alkanes of at least 4 members (excludes halogenated alkanes) is 12. The number of nitrogens with two attached hydrogens (primary N) is 1. The number of phosphoric ester groups is 1. The SMILES string of the molecule is CCCCC[C@H](O)/C=C/[C@@H]1[C@@H](CCCCCCC(=O)O[C@H](COC(=O)CCCCCCCCCCc2oc(CCC)c(C)c2C)COP(=O)(O)OCCN)[C@@H](O)C[C@H]1O. The van der Waals surface area contributed by atoms with E-state index in [4.69, 9.17) is 28.7 Å². The molecule has 59 heavy (non-hydrogen) atoms. The van der Waals surface area contributed by atoms with E-state index in [0.717, 1.165) is 108 Å². The molecule has 1 aliphatic rings. The van der Waals surface area contributed by atoms with Crippen LogP contribution in [0.4, 0.5) is 0 Å². The Balaban J connectivity index is 1.67. The summed E-state index contributed by atoms with van der Waals surface area (Å²) in [4.78, 5) is 35.2. The highest BCUT2D eigenvalue weighted by Crippen LogP contribution is 2.43. The number of aliphatic hydroxyl groups is 3. The fourth-order valence-corrected chi connectivity index (χ4v) is 8.54. The molecular formula is C45H80NO12P. The lowest BCUT2D eigenvalue weighted by Gasteiger charge is -2.21. The Morgan fingerprint density at radius 3 is 2.05 bits per heavy atom. The first-order valence-electron chi connectivity index (χ1n) is 22.8. The van der Waals surface area contributed by atoms with Crippen molar-refractivity contribution in [3.8, 4) is 0 Å². The zero-order valence-electron chi connectivity index (χ0n) is 36.8. The molecule has 342 valence electrons. The third kappa shape index (κ3) is 22.5. The molecule has 2 rings (SSSR count). The monoisotopic (exact) mass is 858 g/mol. The number of carbonyl (C=O) groups excluding carboxylic acids is 2. The van der Waals surface area contributed by atoms with E-state index in [0.29, 0.717) is 25.7 Å². The highest BCUT2D eigenvalue weighted by Gasteiger charge is 2.39. The van der Waals surface area contributed by atoms with Crippen LogP contribution in [-0.4, -0.2) is 82.9 Å². The lowest BCUT2D eigenvalue weighted by molar-refractivity contribution is -0.161. The maximum absolute atomic E-state index is 12.7. The lowest BCUT2D eigenvalue weighted by Crippen LogP contribution is -2.29. The van der Waals surface area contributed by atoms with Crippen molar-refractivity contribution in [1.29, 1.82) is 0 Å². The largest absolute Gasteiger partial charge is 0.472 e. The standard InChI is InChI=1S/C45H80NO12P/c1-5-7-16-22-36(47)27-28-39-38(40(48)31-41(39)49)23-17-14-15-20-26-45(51)57-37(33-56-59(52,53)55-30-29-46)32-54-44(50)25-19-13-11-9-8-10-12-18-24-43-35(4)34(3)42(58-43)21-6-2/h27-28,36-41,47-49H,5-26,29-33,46H2,1-4H3,(H,52,53)/b28-27+/t36-,37+,38+,39+,40-,41+/m0/s1. The quantitative estimate of drug-likeness (QED) is 0.0188. The maximum Gasteiger partial charge on any atom is 0.472 e. The number of phosphoric acid groups is 1. The number of esters is 2. The van der Waals surface area contributed by atoms with Crippen LogP contribution >= 0.6 is 7.82 Å². The van der Waals surface area contributed by atoms with Crippen molar-refractivity contribution in [1.82, 2.24) is 0 Å². The van der Waals surface area contributed by atoms with E-state index in [1.165, 1.54) is 24.0 Å².